The van der Waals surface area contributed by atoms with E-state index in [1.165, 1.54) is 0 Å². The lowest BCUT2D eigenvalue weighted by Gasteiger charge is -2.23. The lowest BCUT2D eigenvalue weighted by atomic mass is 10.1. The number of nitrogens with two attached hydrogens (primary N) is 3. The van der Waals surface area contributed by atoms with Crippen LogP contribution >= 0.6 is 0 Å². The van der Waals surface area contributed by atoms with Gasteiger partial charge >= 0.3 is 17.9 Å². The van der Waals surface area contributed by atoms with Crippen LogP contribution in [0.4, 0.5) is 0 Å². The van der Waals surface area contributed by atoms with Crippen LogP contribution in [0, 0.1) is 0 Å². The minimum absolute atomic E-state index is 0.0703. The van der Waals surface area contributed by atoms with Gasteiger partial charge in [0.2, 0.25) is 17.7 Å². The van der Waals surface area contributed by atoms with Crippen molar-refractivity contribution in [1.29, 1.82) is 0 Å². The Morgan fingerprint density at radius 3 is 1.84 bits per heavy atom. The Hall–Kier alpha value is -3.95. The number of hydrogen-bond donors (Lipinski definition) is 9. The lowest BCUT2D eigenvalue weighted by Crippen LogP contribution is -2.56. The molecule has 0 heterocycles. The van der Waals surface area contributed by atoms with Crippen LogP contribution < -0.4 is 33.2 Å². The van der Waals surface area contributed by atoms with E-state index in [4.69, 9.17) is 32.5 Å². The van der Waals surface area contributed by atoms with Crippen LogP contribution in [0.3, 0.4) is 0 Å². The van der Waals surface area contributed by atoms with E-state index in [0.29, 0.717) is 0 Å². The van der Waals surface area contributed by atoms with Crippen LogP contribution in [0.15, 0.2) is 4.99 Å². The smallest absolute Gasteiger partial charge is 0.322 e. The number of aliphatic imine (C=N–C) groups is 1. The molecule has 3 amide bonds. The number of carbonyl (C=O) groups excluding carboxylic acids is 3. The van der Waals surface area contributed by atoms with Crippen molar-refractivity contribution in [3.63, 3.8) is 0 Å². The van der Waals surface area contributed by atoms with Crippen molar-refractivity contribution in [2.45, 2.75) is 43.8 Å². The summed E-state index contributed by atoms with van der Waals surface area (Å²) >= 11 is 0. The molecule has 32 heavy (non-hydrogen) atoms. The van der Waals surface area contributed by atoms with E-state index in [1.54, 1.807) is 0 Å². The largest absolute Gasteiger partial charge is 0.481 e. The summed E-state index contributed by atoms with van der Waals surface area (Å²) in [5.41, 5.74) is 15.9. The first-order valence-electron chi connectivity index (χ1n) is 9.18. The summed E-state index contributed by atoms with van der Waals surface area (Å²) in [5.74, 6) is -7.44. The molecule has 0 aromatic rings. The molecule has 0 rings (SSSR count). The second-order valence-electron chi connectivity index (χ2n) is 6.48. The zero-order valence-corrected chi connectivity index (χ0v) is 16.9. The van der Waals surface area contributed by atoms with E-state index in [2.05, 4.69) is 15.6 Å². The summed E-state index contributed by atoms with van der Waals surface area (Å²) in [5, 5.41) is 32.6. The molecule has 0 spiro atoms. The van der Waals surface area contributed by atoms with E-state index in [9.17, 15) is 28.8 Å². The van der Waals surface area contributed by atoms with Crippen molar-refractivity contribution < 1.29 is 44.1 Å². The normalized spacial score (nSPS) is 13.0. The highest BCUT2D eigenvalue weighted by Crippen LogP contribution is 2.03. The summed E-state index contributed by atoms with van der Waals surface area (Å²) in [4.78, 5) is 72.8. The predicted octanol–water partition coefficient (Wildman–Crippen LogP) is -4.51. The molecule has 180 valence electrons. The van der Waals surface area contributed by atoms with Gasteiger partial charge in [-0.3, -0.25) is 33.8 Å². The van der Waals surface area contributed by atoms with E-state index in [1.807, 2.05) is 5.32 Å². The van der Waals surface area contributed by atoms with Crippen LogP contribution in [0.5, 0.6) is 0 Å². The van der Waals surface area contributed by atoms with Gasteiger partial charge in [0.15, 0.2) is 5.96 Å². The van der Waals surface area contributed by atoms with Crippen LogP contribution in [0.1, 0.15) is 25.7 Å². The molecule has 0 aliphatic rings. The zero-order valence-electron chi connectivity index (χ0n) is 16.9. The highest BCUT2D eigenvalue weighted by atomic mass is 16.4. The molecular formula is C16H27N7O9. The van der Waals surface area contributed by atoms with Gasteiger partial charge in [0.05, 0.1) is 18.9 Å². The van der Waals surface area contributed by atoms with Crippen molar-refractivity contribution >= 4 is 41.6 Å². The highest BCUT2D eigenvalue weighted by molar-refractivity contribution is 5.95. The van der Waals surface area contributed by atoms with Crippen LogP contribution in [0.25, 0.3) is 0 Å². The Bertz CT molecular complexity index is 752. The number of guanidine groups is 1. The molecule has 3 atom stereocenters. The Balaban J connectivity index is 5.39. The molecule has 0 aliphatic carbocycles. The minimum atomic E-state index is -1.65. The van der Waals surface area contributed by atoms with Crippen molar-refractivity contribution in [1.82, 2.24) is 16.0 Å². The van der Waals surface area contributed by atoms with Gasteiger partial charge < -0.3 is 48.5 Å². The SMILES string of the molecule is NC(N)=NCCCC(NC(=O)C(N)CC(=O)O)C(=O)NC(CC(=O)O)C(=O)NCC(=O)O. The third kappa shape index (κ3) is 12.6. The zero-order chi connectivity index (χ0) is 24.8. The van der Waals surface area contributed by atoms with Gasteiger partial charge in [-0.25, -0.2) is 0 Å². The van der Waals surface area contributed by atoms with Crippen molar-refractivity contribution in [2.24, 2.45) is 22.2 Å². The molecule has 0 aromatic heterocycles. The Labute approximate surface area is 181 Å². The van der Waals surface area contributed by atoms with E-state index < -0.39 is 73.1 Å². The second-order valence-corrected chi connectivity index (χ2v) is 6.48. The molecule has 16 nitrogen and oxygen atoms in total. The maximum atomic E-state index is 12.6. The Morgan fingerprint density at radius 1 is 0.781 bits per heavy atom. The number of carbonyl (C=O) groups is 6. The van der Waals surface area contributed by atoms with Gasteiger partial charge in [0, 0.05) is 6.54 Å². The number of aliphatic carboxylic acids is 3. The van der Waals surface area contributed by atoms with Crippen molar-refractivity contribution in [3.05, 3.63) is 0 Å². The van der Waals surface area contributed by atoms with Crippen molar-refractivity contribution in [3.8, 4) is 0 Å². The first-order valence-corrected chi connectivity index (χ1v) is 9.18. The number of nitrogens with one attached hydrogen (secondary N) is 3. The molecule has 3 unspecified atom stereocenters. The van der Waals surface area contributed by atoms with Gasteiger partial charge in [0.25, 0.3) is 0 Å². The molecule has 16 heteroatoms. The molecule has 0 bridgehead atoms. The van der Waals surface area contributed by atoms with E-state index in [-0.39, 0.29) is 25.3 Å². The first kappa shape index (κ1) is 28.0. The van der Waals surface area contributed by atoms with Crippen LogP contribution in [0.2, 0.25) is 0 Å². The maximum absolute atomic E-state index is 12.6. The monoisotopic (exact) mass is 461 g/mol. The van der Waals surface area contributed by atoms with Crippen LogP contribution in [-0.4, -0.2) is 88.1 Å². The molecule has 0 aliphatic heterocycles. The average Bonchev–Trinajstić information content (AvgIpc) is 2.66. The van der Waals surface area contributed by atoms with Crippen molar-refractivity contribution in [2.75, 3.05) is 13.1 Å². The fourth-order valence-corrected chi connectivity index (χ4v) is 2.27. The summed E-state index contributed by atoms with van der Waals surface area (Å²) < 4.78 is 0. The first-order chi connectivity index (χ1) is 14.8. The lowest BCUT2D eigenvalue weighted by molar-refractivity contribution is -0.141. The topological polar surface area (TPSA) is 290 Å². The molecule has 0 saturated carbocycles. The number of rotatable bonds is 15. The second kappa shape index (κ2) is 14.1. The summed E-state index contributed by atoms with van der Waals surface area (Å²) in [6.45, 7) is -0.742. The number of carboxylic acids is 3. The van der Waals surface area contributed by atoms with E-state index >= 15 is 0 Å². The Kier molecular flexibility index (Phi) is 12.4. The average molecular weight is 461 g/mol. The van der Waals surface area contributed by atoms with Gasteiger partial charge in [-0.2, -0.15) is 0 Å². The van der Waals surface area contributed by atoms with Gasteiger partial charge in [-0.15, -0.1) is 0 Å². The number of carboxylic acid groups (broad SMARTS) is 3. The summed E-state index contributed by atoms with van der Waals surface area (Å²) in [6.07, 6.45) is -1.50. The fraction of sp³-hybridized carbons (Fsp3) is 0.562. The highest BCUT2D eigenvalue weighted by Gasteiger charge is 2.29. The number of nitrogens with zero attached hydrogens (tertiary/aromatic N) is 1. The minimum Gasteiger partial charge on any atom is -0.481 e. The third-order valence-electron chi connectivity index (χ3n) is 3.74. The van der Waals surface area contributed by atoms with Gasteiger partial charge in [-0.05, 0) is 12.8 Å². The molecule has 0 saturated heterocycles. The third-order valence-corrected chi connectivity index (χ3v) is 3.74. The van der Waals surface area contributed by atoms with Gasteiger partial charge in [0.1, 0.15) is 18.6 Å². The molecule has 0 radical (unpaired) electrons. The van der Waals surface area contributed by atoms with Crippen LogP contribution in [-0.2, 0) is 28.8 Å². The summed E-state index contributed by atoms with van der Waals surface area (Å²) in [6, 6.07) is -4.47. The van der Waals surface area contributed by atoms with Gasteiger partial charge in [-0.1, -0.05) is 0 Å². The summed E-state index contributed by atoms with van der Waals surface area (Å²) in [7, 11) is 0. The Morgan fingerprint density at radius 2 is 1.34 bits per heavy atom. The maximum Gasteiger partial charge on any atom is 0.322 e. The number of amides is 3. The number of hydrogen-bond acceptors (Lipinski definition) is 8. The quantitative estimate of drug-likeness (QED) is 0.0633. The molecule has 12 N–H and O–H groups in total. The molecular weight excluding hydrogens is 434 g/mol. The van der Waals surface area contributed by atoms with E-state index in [0.717, 1.165) is 0 Å². The molecule has 0 aromatic carbocycles. The molecule has 0 fully saturated rings. The predicted molar refractivity (Wildman–Crippen MR) is 107 cm³/mol. The standard InChI is InChI=1S/C16H27N7O9/c17-7(4-10(24)25)13(30)22-8(2-1-3-20-16(18)19)15(32)23-9(5-11(26)27)14(31)21-6-12(28)29/h7-9H,1-6,17H2,(H,21,31)(H,22,30)(H,23,32)(H,24,25)(H,26,27)(H,28,29)(H4,18,19,20). The fourth-order valence-electron chi connectivity index (χ4n) is 2.27.